The normalized spacial score (nSPS) is 14.3. The molecule has 0 radical (unpaired) electrons. The molecule has 5 aromatic rings. The number of nitrogens with zero attached hydrogens (tertiary/aromatic N) is 1. The molecule has 0 N–H and O–H groups in total. The minimum absolute atomic E-state index is 0.129. The van der Waals surface area contributed by atoms with E-state index >= 15 is 0 Å². The first-order valence-electron chi connectivity index (χ1n) is 18.5. The molecule has 1 aliphatic rings. The second-order valence-electron chi connectivity index (χ2n) is 13.5. The van der Waals surface area contributed by atoms with Crippen LogP contribution in [0, 0.1) is 0 Å². The van der Waals surface area contributed by atoms with Crippen LogP contribution in [-0.4, -0.2) is 50.4 Å². The summed E-state index contributed by atoms with van der Waals surface area (Å²) in [7, 11) is 2.23. The SMILES string of the molecule is CCOC(=O)C(Cc1ccc(OCCN(C)C2c3ccc(Cc4ccccc4)cc3CCc3ccc(CCc4ccccc4)cc32)cc1)OCC. The van der Waals surface area contributed by atoms with Gasteiger partial charge >= 0.3 is 5.97 Å². The van der Waals surface area contributed by atoms with Crippen LogP contribution in [0.5, 0.6) is 5.75 Å². The maximum Gasteiger partial charge on any atom is 0.335 e. The monoisotopic (exact) mass is 681 g/mol. The van der Waals surface area contributed by atoms with Crippen molar-refractivity contribution in [3.63, 3.8) is 0 Å². The lowest BCUT2D eigenvalue weighted by molar-refractivity contribution is -0.156. The molecule has 5 nitrogen and oxygen atoms in total. The molecule has 0 saturated heterocycles. The summed E-state index contributed by atoms with van der Waals surface area (Å²) in [5, 5.41) is 0. The van der Waals surface area contributed by atoms with E-state index in [1.807, 2.05) is 38.1 Å². The van der Waals surface area contributed by atoms with E-state index in [1.165, 1.54) is 44.5 Å². The van der Waals surface area contributed by atoms with E-state index in [4.69, 9.17) is 14.2 Å². The second-order valence-corrected chi connectivity index (χ2v) is 13.5. The smallest absolute Gasteiger partial charge is 0.335 e. The van der Waals surface area contributed by atoms with E-state index in [9.17, 15) is 4.79 Å². The predicted molar refractivity (Wildman–Crippen MR) is 206 cm³/mol. The molecule has 2 unspecified atom stereocenters. The van der Waals surface area contributed by atoms with Gasteiger partial charge in [-0.15, -0.1) is 0 Å². The molecule has 0 bridgehead atoms. The van der Waals surface area contributed by atoms with Crippen molar-refractivity contribution in [3.8, 4) is 5.75 Å². The van der Waals surface area contributed by atoms with Crippen LogP contribution in [0.1, 0.15) is 70.0 Å². The molecule has 0 aromatic heterocycles. The third-order valence-electron chi connectivity index (χ3n) is 9.88. The largest absolute Gasteiger partial charge is 0.492 e. The highest BCUT2D eigenvalue weighted by molar-refractivity contribution is 5.75. The number of hydrogen-bond donors (Lipinski definition) is 0. The number of carbonyl (C=O) groups excluding carboxylic acids is 1. The van der Waals surface area contributed by atoms with E-state index in [0.29, 0.717) is 26.2 Å². The minimum Gasteiger partial charge on any atom is -0.492 e. The molecule has 0 aliphatic heterocycles. The Bertz CT molecular complexity index is 1840. The van der Waals surface area contributed by atoms with Gasteiger partial charge in [-0.25, -0.2) is 4.79 Å². The van der Waals surface area contributed by atoms with Gasteiger partial charge in [-0.2, -0.15) is 0 Å². The van der Waals surface area contributed by atoms with Gasteiger partial charge in [0.25, 0.3) is 0 Å². The number of benzene rings is 5. The zero-order chi connectivity index (χ0) is 35.4. The lowest BCUT2D eigenvalue weighted by Crippen LogP contribution is -2.30. The highest BCUT2D eigenvalue weighted by Gasteiger charge is 2.28. The topological polar surface area (TPSA) is 48.0 Å². The molecule has 5 heteroatoms. The molecular weight excluding hydrogens is 631 g/mol. The Labute approximate surface area is 304 Å². The van der Waals surface area contributed by atoms with Crippen molar-refractivity contribution < 1.29 is 19.0 Å². The maximum atomic E-state index is 12.3. The van der Waals surface area contributed by atoms with Gasteiger partial charge in [-0.3, -0.25) is 4.90 Å². The van der Waals surface area contributed by atoms with Crippen molar-refractivity contribution >= 4 is 5.97 Å². The number of aryl methyl sites for hydroxylation is 4. The van der Waals surface area contributed by atoms with Gasteiger partial charge in [-0.1, -0.05) is 109 Å². The van der Waals surface area contributed by atoms with Crippen LogP contribution in [-0.2, 0) is 52.8 Å². The molecule has 6 rings (SSSR count). The maximum absolute atomic E-state index is 12.3. The van der Waals surface area contributed by atoms with Crippen LogP contribution in [0.15, 0.2) is 121 Å². The summed E-state index contributed by atoms with van der Waals surface area (Å²) in [4.78, 5) is 14.8. The summed E-state index contributed by atoms with van der Waals surface area (Å²) in [5.74, 6) is 0.492. The zero-order valence-corrected chi connectivity index (χ0v) is 30.4. The Hall–Kier alpha value is -4.71. The van der Waals surface area contributed by atoms with Gasteiger partial charge in [0.1, 0.15) is 12.4 Å². The van der Waals surface area contributed by atoms with Crippen LogP contribution in [0.25, 0.3) is 0 Å². The molecule has 51 heavy (non-hydrogen) atoms. The average molecular weight is 682 g/mol. The number of likely N-dealkylation sites (N-methyl/N-ethyl adjacent to an activating group) is 1. The van der Waals surface area contributed by atoms with E-state index in [-0.39, 0.29) is 12.0 Å². The second kappa shape index (κ2) is 18.0. The van der Waals surface area contributed by atoms with E-state index in [0.717, 1.165) is 50.0 Å². The van der Waals surface area contributed by atoms with Crippen molar-refractivity contribution in [1.29, 1.82) is 0 Å². The summed E-state index contributed by atoms with van der Waals surface area (Å²) in [6.45, 7) is 5.82. The third-order valence-corrected chi connectivity index (χ3v) is 9.88. The number of carbonyl (C=O) groups is 1. The molecule has 0 amide bonds. The molecule has 0 spiro atoms. The highest BCUT2D eigenvalue weighted by atomic mass is 16.6. The zero-order valence-electron chi connectivity index (χ0n) is 30.4. The Morgan fingerprint density at radius 2 is 1.35 bits per heavy atom. The third kappa shape index (κ3) is 9.75. The standard InChI is InChI=1S/C46H51NO4/c1-4-49-44(46(48)50-5-2)33-37-19-25-41(26-20-37)51-29-28-47(3)45-42-27-21-38(30-35-14-10-7-11-15-35)31-40(42)24-23-39-22-18-36(32-43(39)45)17-16-34-12-8-6-9-13-34/h6-15,18-22,25-27,31-32,44-45H,4-5,16-17,23-24,28-30,33H2,1-3H3. The van der Waals surface area contributed by atoms with Gasteiger partial charge in [0, 0.05) is 19.6 Å². The Morgan fingerprint density at radius 3 is 2.08 bits per heavy atom. The summed E-state index contributed by atoms with van der Waals surface area (Å²) < 4.78 is 17.2. The average Bonchev–Trinajstić information content (AvgIpc) is 3.31. The van der Waals surface area contributed by atoms with Gasteiger partial charge < -0.3 is 14.2 Å². The first-order valence-corrected chi connectivity index (χ1v) is 18.5. The predicted octanol–water partition coefficient (Wildman–Crippen LogP) is 8.77. The number of ether oxygens (including phenoxy) is 3. The van der Waals surface area contributed by atoms with Gasteiger partial charge in [-0.05, 0) is 115 Å². The number of fused-ring (bicyclic) bond motifs is 2. The number of hydrogen-bond acceptors (Lipinski definition) is 5. The lowest BCUT2D eigenvalue weighted by atomic mass is 9.90. The van der Waals surface area contributed by atoms with Crippen LogP contribution >= 0.6 is 0 Å². The molecule has 5 aromatic carbocycles. The summed E-state index contributed by atoms with van der Waals surface area (Å²) in [6, 6.07) is 44.0. The number of esters is 1. The van der Waals surface area contributed by atoms with Gasteiger partial charge in [0.05, 0.1) is 12.6 Å². The van der Waals surface area contributed by atoms with Crippen molar-refractivity contribution in [2.24, 2.45) is 0 Å². The molecule has 0 saturated carbocycles. The van der Waals surface area contributed by atoms with Gasteiger partial charge in [0.2, 0.25) is 0 Å². The Kier molecular flexibility index (Phi) is 12.7. The van der Waals surface area contributed by atoms with E-state index in [2.05, 4.69) is 109 Å². The van der Waals surface area contributed by atoms with Crippen molar-refractivity contribution in [1.82, 2.24) is 4.90 Å². The van der Waals surface area contributed by atoms with Crippen molar-refractivity contribution in [3.05, 3.63) is 171 Å². The minimum atomic E-state index is -0.603. The fraction of sp³-hybridized carbons (Fsp3) is 0.326. The van der Waals surface area contributed by atoms with Crippen molar-refractivity contribution in [2.75, 3.05) is 33.4 Å². The van der Waals surface area contributed by atoms with Crippen LogP contribution in [0.3, 0.4) is 0 Å². The first-order chi connectivity index (χ1) is 25.0. The Balaban J connectivity index is 1.19. The van der Waals surface area contributed by atoms with Crippen LogP contribution in [0.2, 0.25) is 0 Å². The van der Waals surface area contributed by atoms with Gasteiger partial charge in [0.15, 0.2) is 6.10 Å². The highest BCUT2D eigenvalue weighted by Crippen LogP contribution is 2.37. The van der Waals surface area contributed by atoms with E-state index < -0.39 is 6.10 Å². The molecule has 1 aliphatic carbocycles. The fourth-order valence-electron chi connectivity index (χ4n) is 7.23. The summed E-state index contributed by atoms with van der Waals surface area (Å²) in [6.07, 6.45) is 4.91. The summed E-state index contributed by atoms with van der Waals surface area (Å²) >= 11 is 0. The quantitative estimate of drug-likeness (QED) is 0.0975. The molecular formula is C46H51NO4. The fourth-order valence-corrected chi connectivity index (χ4v) is 7.23. The molecule has 264 valence electrons. The lowest BCUT2D eigenvalue weighted by Gasteiger charge is -2.31. The summed E-state index contributed by atoms with van der Waals surface area (Å²) in [5.41, 5.74) is 12.1. The molecule has 2 atom stereocenters. The van der Waals surface area contributed by atoms with Crippen LogP contribution in [0.4, 0.5) is 0 Å². The first kappa shape index (κ1) is 36.1. The molecule has 0 fully saturated rings. The Morgan fingerprint density at radius 1 is 0.686 bits per heavy atom. The number of rotatable bonds is 16. The van der Waals surface area contributed by atoms with Crippen molar-refractivity contribution in [2.45, 2.75) is 64.5 Å². The molecule has 0 heterocycles. The van der Waals surface area contributed by atoms with E-state index in [1.54, 1.807) is 0 Å². The van der Waals surface area contributed by atoms with Crippen LogP contribution < -0.4 is 4.74 Å².